The van der Waals surface area contributed by atoms with E-state index in [0.717, 1.165) is 13.2 Å². The first-order valence-electron chi connectivity index (χ1n) is 9.99. The van der Waals surface area contributed by atoms with E-state index in [2.05, 4.69) is 13.8 Å². The summed E-state index contributed by atoms with van der Waals surface area (Å²) in [6, 6.07) is 0. The first kappa shape index (κ1) is 24.8. The van der Waals surface area contributed by atoms with Crippen molar-refractivity contribution in [2.24, 2.45) is 0 Å². The molecule has 0 aliphatic carbocycles. The molecule has 1 nitrogen and oxygen atoms in total. The van der Waals surface area contributed by atoms with Crippen molar-refractivity contribution in [2.75, 3.05) is 13.2 Å². The van der Waals surface area contributed by atoms with Gasteiger partial charge in [0.15, 0.2) is 0 Å². The second kappa shape index (κ2) is 23.8. The molecule has 0 atom stereocenters. The topological polar surface area (TPSA) is 9.23 Å². The van der Waals surface area contributed by atoms with Crippen LogP contribution in [0.3, 0.4) is 0 Å². The van der Waals surface area contributed by atoms with Crippen molar-refractivity contribution >= 4 is 18.9 Å². The Morgan fingerprint density at radius 1 is 0.409 bits per heavy atom. The molecule has 0 bridgehead atoms. The summed E-state index contributed by atoms with van der Waals surface area (Å²) < 4.78 is 5.72. The van der Waals surface area contributed by atoms with Gasteiger partial charge in [-0.3, -0.25) is 0 Å². The molecule has 0 aromatic rings. The second-order valence-electron chi connectivity index (χ2n) is 6.56. The van der Waals surface area contributed by atoms with Crippen LogP contribution in [0, 0.1) is 0 Å². The average Bonchev–Trinajstić information content (AvgIpc) is 2.50. The van der Waals surface area contributed by atoms with E-state index in [1.54, 1.807) is 0 Å². The minimum atomic E-state index is 0. The number of ether oxygens (including phenoxy) is 1. The van der Waals surface area contributed by atoms with Crippen LogP contribution in [-0.2, 0) is 4.74 Å². The molecule has 0 spiro atoms. The van der Waals surface area contributed by atoms with Crippen LogP contribution in [0.5, 0.6) is 0 Å². The Bertz CT molecular complexity index is 155. The largest absolute Gasteiger partial charge is 0.381 e. The van der Waals surface area contributed by atoms with Gasteiger partial charge in [0.25, 0.3) is 0 Å². The Balaban J connectivity index is 0. The standard InChI is InChI=1S/C20H42O.Li/c1-3-5-7-9-11-13-15-17-19-21-20-18-16-14-12-10-8-6-4-2;/h3-20H2,1-2H3;. The summed E-state index contributed by atoms with van der Waals surface area (Å²) in [6.45, 7) is 6.55. The Labute approximate surface area is 153 Å². The molecule has 0 fully saturated rings. The summed E-state index contributed by atoms with van der Waals surface area (Å²) in [5.41, 5.74) is 0. The maximum absolute atomic E-state index is 5.72. The normalized spacial score (nSPS) is 10.6. The Morgan fingerprint density at radius 3 is 1.00 bits per heavy atom. The summed E-state index contributed by atoms with van der Waals surface area (Å²) >= 11 is 0. The van der Waals surface area contributed by atoms with Crippen LogP contribution in [0.15, 0.2) is 0 Å². The zero-order valence-electron chi connectivity index (χ0n) is 16.1. The third kappa shape index (κ3) is 22.8. The van der Waals surface area contributed by atoms with Crippen LogP contribution in [0.25, 0.3) is 0 Å². The van der Waals surface area contributed by atoms with Crippen molar-refractivity contribution in [1.29, 1.82) is 0 Å². The smallest absolute Gasteiger partial charge is 0.0466 e. The van der Waals surface area contributed by atoms with Crippen LogP contribution in [0.1, 0.15) is 117 Å². The van der Waals surface area contributed by atoms with Crippen molar-refractivity contribution in [3.8, 4) is 0 Å². The van der Waals surface area contributed by atoms with Gasteiger partial charge >= 0.3 is 0 Å². The van der Waals surface area contributed by atoms with E-state index in [0.29, 0.717) is 0 Å². The zero-order chi connectivity index (χ0) is 15.4. The zero-order valence-corrected chi connectivity index (χ0v) is 16.1. The minimum Gasteiger partial charge on any atom is -0.381 e. The van der Waals surface area contributed by atoms with Crippen molar-refractivity contribution in [2.45, 2.75) is 117 Å². The molecule has 0 unspecified atom stereocenters. The van der Waals surface area contributed by atoms with Gasteiger partial charge in [-0.15, -0.1) is 0 Å². The van der Waals surface area contributed by atoms with Gasteiger partial charge in [0.2, 0.25) is 0 Å². The van der Waals surface area contributed by atoms with E-state index >= 15 is 0 Å². The molecule has 1 radical (unpaired) electrons. The van der Waals surface area contributed by atoms with Gasteiger partial charge < -0.3 is 4.74 Å². The predicted octanol–water partition coefficient (Wildman–Crippen LogP) is 6.90. The maximum atomic E-state index is 5.72. The number of unbranched alkanes of at least 4 members (excludes halogenated alkanes) is 14. The fraction of sp³-hybridized carbons (Fsp3) is 1.00. The van der Waals surface area contributed by atoms with Crippen LogP contribution < -0.4 is 0 Å². The number of hydrogen-bond acceptors (Lipinski definition) is 1. The molecule has 129 valence electrons. The fourth-order valence-electron chi connectivity index (χ4n) is 2.78. The van der Waals surface area contributed by atoms with Gasteiger partial charge in [0, 0.05) is 32.1 Å². The molecular formula is C20H42LiO. The van der Waals surface area contributed by atoms with E-state index in [9.17, 15) is 0 Å². The minimum absolute atomic E-state index is 0. The van der Waals surface area contributed by atoms with Crippen molar-refractivity contribution in [3.05, 3.63) is 0 Å². The van der Waals surface area contributed by atoms with E-state index in [-0.39, 0.29) is 18.9 Å². The predicted molar refractivity (Wildman–Crippen MR) is 102 cm³/mol. The van der Waals surface area contributed by atoms with Gasteiger partial charge in [-0.1, -0.05) is 104 Å². The van der Waals surface area contributed by atoms with Crippen molar-refractivity contribution < 1.29 is 4.74 Å². The van der Waals surface area contributed by atoms with Crippen LogP contribution in [0.2, 0.25) is 0 Å². The monoisotopic (exact) mass is 305 g/mol. The SMILES string of the molecule is CCCCCCCCCCOCCCCCCCCCC.[Li]. The summed E-state index contributed by atoms with van der Waals surface area (Å²) in [5.74, 6) is 0. The first-order valence-corrected chi connectivity index (χ1v) is 9.99. The maximum Gasteiger partial charge on any atom is 0.0466 e. The van der Waals surface area contributed by atoms with E-state index < -0.39 is 0 Å². The molecule has 0 aliphatic heterocycles. The third-order valence-corrected chi connectivity index (χ3v) is 4.28. The van der Waals surface area contributed by atoms with Gasteiger partial charge in [-0.25, -0.2) is 0 Å². The molecule has 22 heavy (non-hydrogen) atoms. The Kier molecular flexibility index (Phi) is 26.9. The Morgan fingerprint density at radius 2 is 0.682 bits per heavy atom. The molecule has 2 heteroatoms. The molecule has 0 saturated heterocycles. The van der Waals surface area contributed by atoms with Gasteiger partial charge in [-0.2, -0.15) is 0 Å². The van der Waals surface area contributed by atoms with E-state index in [4.69, 9.17) is 4.74 Å². The summed E-state index contributed by atoms with van der Waals surface area (Å²) in [6.07, 6.45) is 22.2. The number of hydrogen-bond donors (Lipinski definition) is 0. The molecular weight excluding hydrogens is 263 g/mol. The van der Waals surface area contributed by atoms with E-state index in [1.165, 1.54) is 103 Å². The van der Waals surface area contributed by atoms with E-state index in [1.807, 2.05) is 0 Å². The molecule has 0 aliphatic rings. The molecule has 0 N–H and O–H groups in total. The van der Waals surface area contributed by atoms with Gasteiger partial charge in [0.1, 0.15) is 0 Å². The van der Waals surface area contributed by atoms with Crippen molar-refractivity contribution in [3.63, 3.8) is 0 Å². The quantitative estimate of drug-likeness (QED) is 0.197. The first-order chi connectivity index (χ1) is 10.4. The molecule has 0 aromatic heterocycles. The van der Waals surface area contributed by atoms with Crippen molar-refractivity contribution in [1.82, 2.24) is 0 Å². The van der Waals surface area contributed by atoms with Crippen LogP contribution in [-0.4, -0.2) is 32.1 Å². The summed E-state index contributed by atoms with van der Waals surface area (Å²) in [4.78, 5) is 0. The van der Waals surface area contributed by atoms with Gasteiger partial charge in [0.05, 0.1) is 0 Å². The third-order valence-electron chi connectivity index (χ3n) is 4.28. The number of rotatable bonds is 18. The molecule has 0 rings (SSSR count). The summed E-state index contributed by atoms with van der Waals surface area (Å²) in [7, 11) is 0. The molecule has 0 saturated carbocycles. The Hall–Kier alpha value is 0.557. The van der Waals surface area contributed by atoms with Gasteiger partial charge in [-0.05, 0) is 12.8 Å². The second-order valence-corrected chi connectivity index (χ2v) is 6.56. The molecule has 0 amide bonds. The van der Waals surface area contributed by atoms with Crippen LogP contribution >= 0.6 is 0 Å². The van der Waals surface area contributed by atoms with Crippen LogP contribution in [0.4, 0.5) is 0 Å². The summed E-state index contributed by atoms with van der Waals surface area (Å²) in [5, 5.41) is 0. The molecule has 0 heterocycles. The fourth-order valence-corrected chi connectivity index (χ4v) is 2.78. The molecule has 0 aromatic carbocycles. The average molecular weight is 305 g/mol.